The van der Waals surface area contributed by atoms with Crippen molar-refractivity contribution in [2.24, 2.45) is 10.9 Å². The van der Waals surface area contributed by atoms with Gasteiger partial charge in [0.2, 0.25) is 11.7 Å². The van der Waals surface area contributed by atoms with Crippen LogP contribution in [0, 0.1) is 0 Å². The first-order valence-electron chi connectivity index (χ1n) is 7.01. The highest BCUT2D eigenvalue weighted by molar-refractivity contribution is 6.10. The minimum Gasteiger partial charge on any atom is -0.339 e. The van der Waals surface area contributed by atoms with Crippen molar-refractivity contribution >= 4 is 5.71 Å². The first-order chi connectivity index (χ1) is 9.85. The molecular weight excluding hydrogens is 252 g/mol. The molecule has 0 spiro atoms. The summed E-state index contributed by atoms with van der Waals surface area (Å²) in [5.41, 5.74) is 1.43. The lowest BCUT2D eigenvalue weighted by atomic mass is 10.1. The van der Waals surface area contributed by atoms with Gasteiger partial charge in [-0.15, -0.1) is 0 Å². The number of rotatable bonds is 7. The summed E-state index contributed by atoms with van der Waals surface area (Å²) in [7, 11) is 0. The van der Waals surface area contributed by atoms with E-state index in [-0.39, 0.29) is 0 Å². The van der Waals surface area contributed by atoms with Crippen LogP contribution in [0.3, 0.4) is 0 Å². The third kappa shape index (κ3) is 3.66. The smallest absolute Gasteiger partial charge is 0.227 e. The van der Waals surface area contributed by atoms with Gasteiger partial charge in [0.25, 0.3) is 0 Å². The first kappa shape index (κ1) is 14.2. The zero-order valence-corrected chi connectivity index (χ0v) is 11.7. The minimum absolute atomic E-state index is 0.448. The van der Waals surface area contributed by atoms with E-state index in [0.29, 0.717) is 17.4 Å². The standard InChI is InChI=1S/C15H20N4O/c1-2-3-4-8-11-13-17-15(19-20-13)14(18-16)12-9-6-5-7-10-12/h5-7,9-10H,2-4,8,11,16H2,1H3/b18-14+. The van der Waals surface area contributed by atoms with Crippen LogP contribution in [0.2, 0.25) is 0 Å². The van der Waals surface area contributed by atoms with Gasteiger partial charge in [-0.05, 0) is 6.42 Å². The highest BCUT2D eigenvalue weighted by atomic mass is 16.5. The van der Waals surface area contributed by atoms with Crippen molar-refractivity contribution in [2.45, 2.75) is 39.0 Å². The number of unbranched alkanes of at least 4 members (excludes halogenated alkanes) is 3. The van der Waals surface area contributed by atoms with Crippen molar-refractivity contribution in [1.29, 1.82) is 0 Å². The second-order valence-corrected chi connectivity index (χ2v) is 4.67. The number of hydrazone groups is 1. The van der Waals surface area contributed by atoms with Crippen molar-refractivity contribution in [3.63, 3.8) is 0 Å². The average Bonchev–Trinajstić information content (AvgIpc) is 2.94. The predicted molar refractivity (Wildman–Crippen MR) is 78.4 cm³/mol. The Morgan fingerprint density at radius 3 is 2.70 bits per heavy atom. The van der Waals surface area contributed by atoms with E-state index >= 15 is 0 Å². The van der Waals surface area contributed by atoms with Gasteiger partial charge in [0.1, 0.15) is 5.71 Å². The van der Waals surface area contributed by atoms with Crippen LogP contribution in [0.1, 0.15) is 49.9 Å². The molecule has 2 rings (SSSR count). The van der Waals surface area contributed by atoms with Gasteiger partial charge in [-0.1, -0.05) is 61.7 Å². The molecule has 0 unspecified atom stereocenters. The van der Waals surface area contributed by atoms with E-state index < -0.39 is 0 Å². The number of aryl methyl sites for hydroxylation is 1. The molecule has 0 aliphatic rings. The lowest BCUT2D eigenvalue weighted by Gasteiger charge is -1.99. The number of nitrogens with two attached hydrogens (primary N) is 1. The van der Waals surface area contributed by atoms with Gasteiger partial charge in [0, 0.05) is 12.0 Å². The van der Waals surface area contributed by atoms with Gasteiger partial charge in [-0.3, -0.25) is 0 Å². The molecule has 0 saturated heterocycles. The Kier molecular flexibility index (Phi) is 5.29. The maximum absolute atomic E-state index is 5.45. The Labute approximate surface area is 118 Å². The summed E-state index contributed by atoms with van der Waals surface area (Å²) in [6.07, 6.45) is 5.51. The Balaban J connectivity index is 2.04. The SMILES string of the molecule is CCCCCCc1nc(/C(=N/N)c2ccccc2)no1. The molecule has 0 atom stereocenters. The third-order valence-corrected chi connectivity index (χ3v) is 3.10. The van der Waals surface area contributed by atoms with Crippen LogP contribution in [-0.2, 0) is 6.42 Å². The number of nitrogens with zero attached hydrogens (tertiary/aromatic N) is 3. The summed E-state index contributed by atoms with van der Waals surface area (Å²) in [5.74, 6) is 6.55. The quantitative estimate of drug-likeness (QED) is 0.364. The summed E-state index contributed by atoms with van der Waals surface area (Å²) in [5, 5.41) is 7.75. The van der Waals surface area contributed by atoms with E-state index in [1.54, 1.807) is 0 Å². The Bertz CT molecular complexity index is 548. The molecule has 2 aromatic rings. The highest BCUT2D eigenvalue weighted by Gasteiger charge is 2.14. The molecule has 0 bridgehead atoms. The van der Waals surface area contributed by atoms with Gasteiger partial charge in [0.05, 0.1) is 0 Å². The van der Waals surface area contributed by atoms with Crippen molar-refractivity contribution in [3.05, 3.63) is 47.6 Å². The summed E-state index contributed by atoms with van der Waals surface area (Å²) < 4.78 is 5.25. The van der Waals surface area contributed by atoms with Crippen LogP contribution in [0.5, 0.6) is 0 Å². The molecule has 106 valence electrons. The van der Waals surface area contributed by atoms with E-state index in [0.717, 1.165) is 18.4 Å². The highest BCUT2D eigenvalue weighted by Crippen LogP contribution is 2.10. The molecule has 2 N–H and O–H groups in total. The Morgan fingerprint density at radius 2 is 2.00 bits per heavy atom. The van der Waals surface area contributed by atoms with Crippen LogP contribution in [0.25, 0.3) is 0 Å². The molecule has 5 nitrogen and oxygen atoms in total. The molecule has 0 aliphatic heterocycles. The van der Waals surface area contributed by atoms with Gasteiger partial charge in [0.15, 0.2) is 0 Å². The zero-order valence-electron chi connectivity index (χ0n) is 11.7. The van der Waals surface area contributed by atoms with Crippen LogP contribution < -0.4 is 5.84 Å². The minimum atomic E-state index is 0.448. The maximum atomic E-state index is 5.45. The predicted octanol–water partition coefficient (Wildman–Crippen LogP) is 2.90. The molecule has 1 heterocycles. The molecule has 20 heavy (non-hydrogen) atoms. The Hall–Kier alpha value is -2.17. The number of aromatic nitrogens is 2. The second kappa shape index (κ2) is 7.43. The molecule has 0 aliphatic carbocycles. The average molecular weight is 272 g/mol. The van der Waals surface area contributed by atoms with Crippen LogP contribution in [0.4, 0.5) is 0 Å². The van der Waals surface area contributed by atoms with Crippen molar-refractivity contribution in [3.8, 4) is 0 Å². The molecular formula is C15H20N4O. The largest absolute Gasteiger partial charge is 0.339 e. The molecule has 1 aromatic carbocycles. The summed E-state index contributed by atoms with van der Waals surface area (Å²) in [4.78, 5) is 4.37. The molecule has 0 amide bonds. The van der Waals surface area contributed by atoms with Crippen molar-refractivity contribution < 1.29 is 4.52 Å². The monoisotopic (exact) mass is 272 g/mol. The lowest BCUT2D eigenvalue weighted by molar-refractivity contribution is 0.372. The van der Waals surface area contributed by atoms with Crippen molar-refractivity contribution in [2.75, 3.05) is 0 Å². The number of hydrogen-bond acceptors (Lipinski definition) is 5. The van der Waals surface area contributed by atoms with Crippen LogP contribution >= 0.6 is 0 Å². The maximum Gasteiger partial charge on any atom is 0.227 e. The van der Waals surface area contributed by atoms with E-state index in [2.05, 4.69) is 22.2 Å². The summed E-state index contributed by atoms with van der Waals surface area (Å²) >= 11 is 0. The van der Waals surface area contributed by atoms with Gasteiger partial charge >= 0.3 is 0 Å². The lowest BCUT2D eigenvalue weighted by Crippen LogP contribution is -2.08. The van der Waals surface area contributed by atoms with Gasteiger partial charge in [-0.25, -0.2) is 0 Å². The van der Waals surface area contributed by atoms with Gasteiger partial charge < -0.3 is 10.4 Å². The zero-order chi connectivity index (χ0) is 14.2. The molecule has 5 heteroatoms. The van der Waals surface area contributed by atoms with Crippen LogP contribution in [0.15, 0.2) is 40.0 Å². The fraction of sp³-hybridized carbons (Fsp3) is 0.400. The fourth-order valence-corrected chi connectivity index (χ4v) is 2.01. The molecule has 0 radical (unpaired) electrons. The normalized spacial score (nSPS) is 11.8. The third-order valence-electron chi connectivity index (χ3n) is 3.10. The summed E-state index contributed by atoms with van der Waals surface area (Å²) in [6.45, 7) is 2.19. The fourth-order valence-electron chi connectivity index (χ4n) is 2.01. The topological polar surface area (TPSA) is 77.3 Å². The number of hydrogen-bond donors (Lipinski definition) is 1. The Morgan fingerprint density at radius 1 is 1.20 bits per heavy atom. The van der Waals surface area contributed by atoms with E-state index in [4.69, 9.17) is 10.4 Å². The van der Waals surface area contributed by atoms with E-state index in [1.807, 2.05) is 30.3 Å². The number of benzene rings is 1. The molecule has 0 fully saturated rings. The molecule has 0 saturated carbocycles. The van der Waals surface area contributed by atoms with Gasteiger partial charge in [-0.2, -0.15) is 10.1 Å². The first-order valence-corrected chi connectivity index (χ1v) is 7.01. The van der Waals surface area contributed by atoms with E-state index in [1.165, 1.54) is 19.3 Å². The second-order valence-electron chi connectivity index (χ2n) is 4.67. The molecule has 1 aromatic heterocycles. The summed E-state index contributed by atoms with van der Waals surface area (Å²) in [6, 6.07) is 9.62. The van der Waals surface area contributed by atoms with E-state index in [9.17, 15) is 0 Å². The van der Waals surface area contributed by atoms with Crippen LogP contribution in [-0.4, -0.2) is 15.9 Å². The van der Waals surface area contributed by atoms with Crippen molar-refractivity contribution in [1.82, 2.24) is 10.1 Å².